The summed E-state index contributed by atoms with van der Waals surface area (Å²) in [5, 5.41) is 0. The molecule has 0 N–H and O–H groups in total. The molecule has 0 saturated carbocycles. The van der Waals surface area contributed by atoms with E-state index in [-0.39, 0.29) is 0 Å². The molecule has 0 bridgehead atoms. The first-order valence-electron chi connectivity index (χ1n) is 7.22. The molecule has 17 heavy (non-hydrogen) atoms. The quantitative estimate of drug-likeness (QED) is 0.422. The largest absolute Gasteiger partial charge is 0.417 e. The highest BCUT2D eigenvalue weighted by Gasteiger charge is 2.40. The molecule has 0 aromatic heterocycles. The van der Waals surface area contributed by atoms with Crippen LogP contribution in [0.4, 0.5) is 0 Å². The Morgan fingerprint density at radius 3 is 1.94 bits per heavy atom. The molecule has 0 aliphatic heterocycles. The second-order valence-corrected chi connectivity index (χ2v) is 10.4. The van der Waals surface area contributed by atoms with E-state index in [0.717, 1.165) is 32.7 Å². The molecule has 0 aromatic rings. The summed E-state index contributed by atoms with van der Waals surface area (Å²) < 4.78 is 11.8. The van der Waals surface area contributed by atoms with Crippen LogP contribution < -0.4 is 0 Å². The summed E-state index contributed by atoms with van der Waals surface area (Å²) in [7, 11) is -1.59. The predicted octanol–water partition coefficient (Wildman–Crippen LogP) is 4.61. The van der Waals surface area contributed by atoms with Gasteiger partial charge in [0.1, 0.15) is 0 Å². The van der Waals surface area contributed by atoms with Crippen LogP contribution in [0.5, 0.6) is 0 Å². The van der Waals surface area contributed by atoms with Gasteiger partial charge in [-0.05, 0) is 36.9 Å². The summed E-state index contributed by atoms with van der Waals surface area (Å²) in [6.45, 7) is 16.2. The lowest BCUT2D eigenvalue weighted by Gasteiger charge is -2.38. The van der Waals surface area contributed by atoms with Crippen LogP contribution in [0.3, 0.4) is 0 Å². The van der Waals surface area contributed by atoms with Crippen molar-refractivity contribution in [1.29, 1.82) is 0 Å². The van der Waals surface area contributed by atoms with Crippen molar-refractivity contribution in [3.8, 4) is 0 Å². The Labute approximate surface area is 109 Å². The highest BCUT2D eigenvalue weighted by molar-refractivity contribution is 6.76. The van der Waals surface area contributed by atoms with Crippen molar-refractivity contribution in [1.82, 2.24) is 0 Å². The third kappa shape index (κ3) is 5.54. The maximum atomic E-state index is 6.24. The van der Waals surface area contributed by atoms with Crippen molar-refractivity contribution < 1.29 is 9.16 Å². The SMILES string of the molecule is CCCOCCC[Si](OCC)(C(C)C)C(C)C. The Morgan fingerprint density at radius 1 is 0.941 bits per heavy atom. The topological polar surface area (TPSA) is 18.5 Å². The Bertz CT molecular complexity index is 173. The van der Waals surface area contributed by atoms with Gasteiger partial charge >= 0.3 is 0 Å². The first kappa shape index (κ1) is 17.1. The van der Waals surface area contributed by atoms with E-state index in [0.29, 0.717) is 11.1 Å². The van der Waals surface area contributed by atoms with Crippen LogP contribution in [0.15, 0.2) is 0 Å². The molecule has 0 aliphatic rings. The van der Waals surface area contributed by atoms with Gasteiger partial charge in [0.15, 0.2) is 8.32 Å². The third-order valence-corrected chi connectivity index (χ3v) is 9.44. The number of hydrogen-bond donors (Lipinski definition) is 0. The summed E-state index contributed by atoms with van der Waals surface area (Å²) in [5.74, 6) is 0. The molecule has 104 valence electrons. The Kier molecular flexibility index (Phi) is 9.19. The molecule has 3 heteroatoms. The van der Waals surface area contributed by atoms with Gasteiger partial charge in [0, 0.05) is 19.8 Å². The number of rotatable bonds is 10. The van der Waals surface area contributed by atoms with E-state index in [9.17, 15) is 0 Å². The monoisotopic (exact) mass is 260 g/mol. The van der Waals surface area contributed by atoms with Crippen LogP contribution in [-0.4, -0.2) is 28.1 Å². The van der Waals surface area contributed by atoms with Gasteiger partial charge in [-0.3, -0.25) is 0 Å². The maximum Gasteiger partial charge on any atom is 0.197 e. The number of hydrogen-bond acceptors (Lipinski definition) is 2. The Balaban J connectivity index is 4.27. The molecule has 2 nitrogen and oxygen atoms in total. The van der Waals surface area contributed by atoms with Gasteiger partial charge in [0.2, 0.25) is 0 Å². The fraction of sp³-hybridized carbons (Fsp3) is 1.00. The second-order valence-electron chi connectivity index (χ2n) is 5.41. The zero-order valence-electron chi connectivity index (χ0n) is 12.7. The average Bonchev–Trinajstić information content (AvgIpc) is 2.26. The molecule has 0 heterocycles. The van der Waals surface area contributed by atoms with Crippen molar-refractivity contribution in [3.63, 3.8) is 0 Å². The highest BCUT2D eigenvalue weighted by Crippen LogP contribution is 2.37. The van der Waals surface area contributed by atoms with Gasteiger partial charge < -0.3 is 9.16 Å². The van der Waals surface area contributed by atoms with Crippen molar-refractivity contribution in [2.45, 2.75) is 71.5 Å². The van der Waals surface area contributed by atoms with E-state index < -0.39 is 8.32 Å². The van der Waals surface area contributed by atoms with Crippen LogP contribution >= 0.6 is 0 Å². The molecule has 0 rings (SSSR count). The predicted molar refractivity (Wildman–Crippen MR) is 78.1 cm³/mol. The van der Waals surface area contributed by atoms with Crippen LogP contribution in [0.25, 0.3) is 0 Å². The highest BCUT2D eigenvalue weighted by atomic mass is 28.4. The minimum Gasteiger partial charge on any atom is -0.417 e. The van der Waals surface area contributed by atoms with E-state index in [1.54, 1.807) is 0 Å². The summed E-state index contributed by atoms with van der Waals surface area (Å²) in [4.78, 5) is 0. The third-order valence-electron chi connectivity index (χ3n) is 3.57. The minimum absolute atomic E-state index is 0.689. The van der Waals surface area contributed by atoms with Crippen LogP contribution in [0.1, 0.15) is 54.4 Å². The van der Waals surface area contributed by atoms with Gasteiger partial charge in [0.25, 0.3) is 0 Å². The van der Waals surface area contributed by atoms with E-state index >= 15 is 0 Å². The summed E-state index contributed by atoms with van der Waals surface area (Å²) in [5.41, 5.74) is 1.38. The Hall–Kier alpha value is 0.137. The van der Waals surface area contributed by atoms with Gasteiger partial charge in [0.05, 0.1) is 0 Å². The number of ether oxygens (including phenoxy) is 1. The van der Waals surface area contributed by atoms with Crippen LogP contribution in [0.2, 0.25) is 17.1 Å². The molecule has 0 spiro atoms. The molecule has 0 amide bonds. The second kappa shape index (κ2) is 9.12. The molecular weight excluding hydrogens is 228 g/mol. The van der Waals surface area contributed by atoms with Gasteiger partial charge in [-0.1, -0.05) is 34.6 Å². The lowest BCUT2D eigenvalue weighted by molar-refractivity contribution is 0.134. The molecular formula is C14H32O2Si. The fourth-order valence-corrected chi connectivity index (χ4v) is 7.15. The van der Waals surface area contributed by atoms with E-state index in [1.807, 2.05) is 0 Å². The van der Waals surface area contributed by atoms with Crippen LogP contribution in [0, 0.1) is 0 Å². The van der Waals surface area contributed by atoms with Crippen molar-refractivity contribution in [2.24, 2.45) is 0 Å². The van der Waals surface area contributed by atoms with Crippen molar-refractivity contribution >= 4 is 8.32 Å². The lowest BCUT2D eigenvalue weighted by Crippen LogP contribution is -2.44. The smallest absolute Gasteiger partial charge is 0.197 e. The maximum absolute atomic E-state index is 6.24. The van der Waals surface area contributed by atoms with Crippen LogP contribution in [-0.2, 0) is 9.16 Å². The van der Waals surface area contributed by atoms with E-state index in [1.165, 1.54) is 6.04 Å². The summed E-state index contributed by atoms with van der Waals surface area (Å²) in [6.07, 6.45) is 2.27. The first-order valence-corrected chi connectivity index (χ1v) is 9.49. The molecule has 0 atom stereocenters. The average molecular weight is 260 g/mol. The zero-order valence-corrected chi connectivity index (χ0v) is 13.7. The van der Waals surface area contributed by atoms with Crippen molar-refractivity contribution in [3.05, 3.63) is 0 Å². The fourth-order valence-electron chi connectivity index (χ4n) is 2.62. The van der Waals surface area contributed by atoms with E-state index in [4.69, 9.17) is 9.16 Å². The van der Waals surface area contributed by atoms with E-state index in [2.05, 4.69) is 41.5 Å². The standard InChI is InChI=1S/C14H32O2Si/c1-7-10-15-11-9-12-17(13(3)4,14(5)6)16-8-2/h13-14H,7-12H2,1-6H3. The van der Waals surface area contributed by atoms with Gasteiger partial charge in [-0.25, -0.2) is 0 Å². The molecule has 0 saturated heterocycles. The van der Waals surface area contributed by atoms with Crippen molar-refractivity contribution in [2.75, 3.05) is 19.8 Å². The lowest BCUT2D eigenvalue weighted by atomic mass is 10.5. The Morgan fingerprint density at radius 2 is 1.53 bits per heavy atom. The first-order chi connectivity index (χ1) is 8.01. The normalized spacial score (nSPS) is 12.7. The molecule has 0 fully saturated rings. The van der Waals surface area contributed by atoms with Gasteiger partial charge in [-0.15, -0.1) is 0 Å². The van der Waals surface area contributed by atoms with Gasteiger partial charge in [-0.2, -0.15) is 0 Å². The minimum atomic E-state index is -1.59. The summed E-state index contributed by atoms with van der Waals surface area (Å²) >= 11 is 0. The molecule has 0 aromatic carbocycles. The molecule has 0 aliphatic carbocycles. The molecule has 0 radical (unpaired) electrons. The molecule has 0 unspecified atom stereocenters. The zero-order chi connectivity index (χ0) is 13.3. The summed E-state index contributed by atoms with van der Waals surface area (Å²) in [6, 6.07) is 1.24.